The monoisotopic (exact) mass is 452 g/mol. The number of halogens is 3. The van der Waals surface area contributed by atoms with E-state index in [1.54, 1.807) is 18.2 Å². The van der Waals surface area contributed by atoms with Gasteiger partial charge in [0, 0.05) is 16.3 Å². The van der Waals surface area contributed by atoms with Gasteiger partial charge in [0.15, 0.2) is 0 Å². The molecule has 0 spiro atoms. The van der Waals surface area contributed by atoms with Crippen LogP contribution in [0.25, 0.3) is 0 Å². The Morgan fingerprint density at radius 2 is 1.66 bits per heavy atom. The molecule has 0 saturated heterocycles. The molecule has 3 aromatic rings. The van der Waals surface area contributed by atoms with Crippen molar-refractivity contribution in [1.29, 1.82) is 0 Å². The van der Waals surface area contributed by atoms with Gasteiger partial charge in [-0.25, -0.2) is 9.97 Å². The summed E-state index contributed by atoms with van der Waals surface area (Å²) in [5.74, 6) is -0.852. The van der Waals surface area contributed by atoms with Gasteiger partial charge in [0.2, 0.25) is 11.6 Å². The van der Waals surface area contributed by atoms with Crippen molar-refractivity contribution < 1.29 is 9.72 Å². The number of carbonyl (C=O) groups is 1. The number of hydrogen-bond donors (Lipinski definition) is 3. The fourth-order valence-electron chi connectivity index (χ4n) is 2.23. The minimum Gasteiger partial charge on any atom is -0.334 e. The second kappa shape index (κ2) is 8.91. The lowest BCUT2D eigenvalue weighted by molar-refractivity contribution is -0.383. The predicted molar refractivity (Wildman–Crippen MR) is 111 cm³/mol. The smallest absolute Gasteiger partial charge is 0.334 e. The Bertz CT molecular complexity index is 1080. The van der Waals surface area contributed by atoms with Crippen LogP contribution in [0.3, 0.4) is 0 Å². The van der Waals surface area contributed by atoms with Crippen LogP contribution in [0.4, 0.5) is 23.0 Å². The van der Waals surface area contributed by atoms with Crippen molar-refractivity contribution in [2.45, 2.75) is 0 Å². The second-order valence-corrected chi connectivity index (χ2v) is 6.77. The Labute approximate surface area is 179 Å². The molecule has 1 heterocycles. The lowest BCUT2D eigenvalue weighted by Gasteiger charge is -2.11. The van der Waals surface area contributed by atoms with E-state index in [1.165, 1.54) is 24.3 Å². The van der Waals surface area contributed by atoms with E-state index in [4.69, 9.17) is 34.8 Å². The Hall–Kier alpha value is -3.14. The van der Waals surface area contributed by atoms with E-state index in [-0.39, 0.29) is 16.7 Å². The maximum Gasteiger partial charge on any atom is 0.355 e. The van der Waals surface area contributed by atoms with Crippen LogP contribution in [0.15, 0.2) is 48.8 Å². The van der Waals surface area contributed by atoms with E-state index in [0.717, 1.165) is 6.33 Å². The molecule has 0 aliphatic rings. The van der Waals surface area contributed by atoms with Gasteiger partial charge in [-0.3, -0.25) is 25.8 Å². The van der Waals surface area contributed by atoms with Crippen LogP contribution in [0, 0.1) is 10.1 Å². The van der Waals surface area contributed by atoms with Crippen molar-refractivity contribution in [3.8, 4) is 0 Å². The summed E-state index contributed by atoms with van der Waals surface area (Å²) >= 11 is 17.6. The highest BCUT2D eigenvalue weighted by molar-refractivity contribution is 6.42. The highest BCUT2D eigenvalue weighted by atomic mass is 35.5. The molecule has 9 nitrogen and oxygen atoms in total. The van der Waals surface area contributed by atoms with Crippen molar-refractivity contribution in [1.82, 2.24) is 15.4 Å². The summed E-state index contributed by atoms with van der Waals surface area (Å²) < 4.78 is 0. The molecular formula is C17H11Cl3N6O3. The highest BCUT2D eigenvalue weighted by Crippen LogP contribution is 2.32. The number of hydrogen-bond acceptors (Lipinski definition) is 7. The molecule has 12 heteroatoms. The minimum atomic E-state index is -0.684. The van der Waals surface area contributed by atoms with E-state index in [9.17, 15) is 14.9 Å². The topological polar surface area (TPSA) is 122 Å². The van der Waals surface area contributed by atoms with E-state index < -0.39 is 16.5 Å². The fourth-order valence-corrected chi connectivity index (χ4v) is 2.66. The van der Waals surface area contributed by atoms with E-state index >= 15 is 0 Å². The van der Waals surface area contributed by atoms with Gasteiger partial charge in [-0.15, -0.1) is 0 Å². The lowest BCUT2D eigenvalue weighted by atomic mass is 10.2. The number of nitro groups is 1. The number of anilines is 3. The van der Waals surface area contributed by atoms with Crippen molar-refractivity contribution in [3.05, 3.63) is 79.5 Å². The minimum absolute atomic E-state index is 0.105. The van der Waals surface area contributed by atoms with Crippen molar-refractivity contribution in [2.24, 2.45) is 0 Å². The normalized spacial score (nSPS) is 10.3. The van der Waals surface area contributed by atoms with Gasteiger partial charge in [0.25, 0.3) is 5.91 Å². The number of benzene rings is 2. The van der Waals surface area contributed by atoms with Crippen LogP contribution >= 0.6 is 34.8 Å². The maximum atomic E-state index is 12.2. The molecular weight excluding hydrogens is 443 g/mol. The summed E-state index contributed by atoms with van der Waals surface area (Å²) in [4.78, 5) is 30.8. The van der Waals surface area contributed by atoms with Crippen LogP contribution < -0.4 is 16.2 Å². The van der Waals surface area contributed by atoms with E-state index in [2.05, 4.69) is 26.1 Å². The fraction of sp³-hybridized carbons (Fsp3) is 0. The maximum absolute atomic E-state index is 12.2. The molecule has 2 aromatic carbocycles. The molecule has 3 rings (SSSR count). The molecule has 29 heavy (non-hydrogen) atoms. The molecule has 0 radical (unpaired) electrons. The van der Waals surface area contributed by atoms with Gasteiger partial charge in [-0.05, 0) is 42.5 Å². The zero-order valence-corrected chi connectivity index (χ0v) is 16.6. The first kappa shape index (κ1) is 20.6. The number of amides is 1. The molecule has 0 fully saturated rings. The predicted octanol–water partition coefficient (Wildman–Crippen LogP) is 4.85. The summed E-state index contributed by atoms with van der Waals surface area (Å²) in [6.07, 6.45) is 1.10. The molecule has 3 N–H and O–H groups in total. The van der Waals surface area contributed by atoms with Crippen LogP contribution in [-0.2, 0) is 0 Å². The molecule has 0 aliphatic heterocycles. The first-order valence-corrected chi connectivity index (χ1v) is 9.02. The third-order valence-electron chi connectivity index (χ3n) is 3.59. The largest absolute Gasteiger partial charge is 0.355 e. The van der Waals surface area contributed by atoms with Gasteiger partial charge in [0.1, 0.15) is 6.33 Å². The molecule has 0 bridgehead atoms. The summed E-state index contributed by atoms with van der Waals surface area (Å²) in [6.45, 7) is 0. The number of carbonyl (C=O) groups excluding carboxylic acids is 1. The molecule has 148 valence electrons. The van der Waals surface area contributed by atoms with Crippen molar-refractivity contribution >= 4 is 63.7 Å². The van der Waals surface area contributed by atoms with Gasteiger partial charge >= 0.3 is 5.69 Å². The van der Waals surface area contributed by atoms with Crippen LogP contribution in [0.2, 0.25) is 15.1 Å². The van der Waals surface area contributed by atoms with Crippen molar-refractivity contribution in [2.75, 3.05) is 10.7 Å². The number of nitrogens with zero attached hydrogens (tertiary/aromatic N) is 3. The van der Waals surface area contributed by atoms with Gasteiger partial charge in [0.05, 0.1) is 15.0 Å². The quantitative estimate of drug-likeness (QED) is 0.360. The number of aromatic nitrogens is 2. The van der Waals surface area contributed by atoms with Crippen molar-refractivity contribution in [3.63, 3.8) is 0 Å². The zero-order chi connectivity index (χ0) is 21.0. The molecule has 1 amide bonds. The van der Waals surface area contributed by atoms with E-state index in [1.807, 2.05) is 0 Å². The summed E-state index contributed by atoms with van der Waals surface area (Å²) in [5.41, 5.74) is 5.04. The molecule has 1 aromatic heterocycles. The van der Waals surface area contributed by atoms with Gasteiger partial charge < -0.3 is 5.32 Å². The van der Waals surface area contributed by atoms with Crippen LogP contribution in [-0.4, -0.2) is 20.8 Å². The summed E-state index contributed by atoms with van der Waals surface area (Å²) in [7, 11) is 0. The second-order valence-electron chi connectivity index (χ2n) is 5.52. The first-order chi connectivity index (χ1) is 13.8. The van der Waals surface area contributed by atoms with Gasteiger partial charge in [-0.1, -0.05) is 34.8 Å². The number of nitrogens with one attached hydrogen (secondary N) is 3. The Balaban J connectivity index is 1.82. The average Bonchev–Trinajstić information content (AvgIpc) is 2.69. The van der Waals surface area contributed by atoms with Crippen LogP contribution in [0.5, 0.6) is 0 Å². The number of rotatable bonds is 6. The summed E-state index contributed by atoms with van der Waals surface area (Å²) in [5, 5.41) is 15.4. The third-order valence-corrected chi connectivity index (χ3v) is 4.58. The average molecular weight is 454 g/mol. The standard InChI is InChI=1S/C17H11Cl3N6O3/c18-10-3-1-9(2-4-10)17(27)25-24-16-14(26(28)29)15(21-8-22-16)23-11-5-6-12(19)13(20)7-11/h1-8H,(H,25,27)(H2,21,22,23,24). The Morgan fingerprint density at radius 1 is 0.966 bits per heavy atom. The Morgan fingerprint density at radius 3 is 2.31 bits per heavy atom. The van der Waals surface area contributed by atoms with E-state index in [0.29, 0.717) is 21.3 Å². The Kier molecular flexibility index (Phi) is 6.32. The third kappa shape index (κ3) is 5.02. The molecule has 0 atom stereocenters. The molecule has 0 aliphatic carbocycles. The lowest BCUT2D eigenvalue weighted by Crippen LogP contribution is -2.30. The SMILES string of the molecule is O=C(NNc1ncnc(Nc2ccc(Cl)c(Cl)c2)c1[N+](=O)[O-])c1ccc(Cl)cc1. The van der Waals surface area contributed by atoms with Crippen LogP contribution in [0.1, 0.15) is 10.4 Å². The number of hydrazine groups is 1. The molecule has 0 saturated carbocycles. The zero-order valence-electron chi connectivity index (χ0n) is 14.3. The highest BCUT2D eigenvalue weighted by Gasteiger charge is 2.24. The van der Waals surface area contributed by atoms with Gasteiger partial charge in [-0.2, -0.15) is 0 Å². The summed E-state index contributed by atoms with van der Waals surface area (Å²) in [6, 6.07) is 10.7. The first-order valence-electron chi connectivity index (χ1n) is 7.88. The molecule has 0 unspecified atom stereocenters.